The molecule has 0 aliphatic carbocycles. The van der Waals surface area contributed by atoms with Crippen LogP contribution in [0.2, 0.25) is 0 Å². The van der Waals surface area contributed by atoms with Crippen molar-refractivity contribution >= 4 is 29.3 Å². The molecule has 5 nitrogen and oxygen atoms in total. The number of fused-ring (bicyclic) bond motifs is 1. The average Bonchev–Trinajstić information content (AvgIpc) is 2.94. The normalized spacial score (nSPS) is 14.4. The number of hydrogen-bond acceptors (Lipinski definition) is 5. The zero-order valence-electron chi connectivity index (χ0n) is 17.3. The van der Waals surface area contributed by atoms with Crippen molar-refractivity contribution in [2.45, 2.75) is 32.1 Å². The summed E-state index contributed by atoms with van der Waals surface area (Å²) in [6.07, 6.45) is 3.24. The molecule has 0 unspecified atom stereocenters. The summed E-state index contributed by atoms with van der Waals surface area (Å²) in [5.74, 6) is 0.600. The number of carbonyl (C=O) groups is 1. The second kappa shape index (κ2) is 7.72. The minimum absolute atomic E-state index is 0.118. The van der Waals surface area contributed by atoms with Gasteiger partial charge >= 0.3 is 0 Å². The van der Waals surface area contributed by atoms with E-state index in [1.165, 1.54) is 17.3 Å². The Morgan fingerprint density at radius 3 is 2.77 bits per heavy atom. The number of aromatic nitrogens is 2. The summed E-state index contributed by atoms with van der Waals surface area (Å²) < 4.78 is 14.6. The van der Waals surface area contributed by atoms with Gasteiger partial charge in [0, 0.05) is 22.6 Å². The van der Waals surface area contributed by atoms with Gasteiger partial charge in [0.15, 0.2) is 5.82 Å². The quantitative estimate of drug-likeness (QED) is 0.593. The highest BCUT2D eigenvalue weighted by Gasteiger charge is 2.35. The van der Waals surface area contributed by atoms with Crippen LogP contribution in [0.3, 0.4) is 0 Å². The molecule has 0 bridgehead atoms. The Morgan fingerprint density at radius 2 is 2.00 bits per heavy atom. The molecule has 30 heavy (non-hydrogen) atoms. The molecule has 3 aromatic rings. The molecule has 1 aliphatic rings. The zero-order chi connectivity index (χ0) is 21.5. The van der Waals surface area contributed by atoms with Gasteiger partial charge < -0.3 is 10.6 Å². The van der Waals surface area contributed by atoms with Crippen LogP contribution < -0.4 is 10.6 Å². The van der Waals surface area contributed by atoms with E-state index in [0.29, 0.717) is 17.1 Å². The molecule has 0 fully saturated rings. The van der Waals surface area contributed by atoms with Crippen LogP contribution in [0.25, 0.3) is 11.3 Å². The highest BCUT2D eigenvalue weighted by Crippen LogP contribution is 2.34. The molecule has 2 aromatic carbocycles. The summed E-state index contributed by atoms with van der Waals surface area (Å²) in [5.41, 5.74) is 5.03. The molecule has 1 aliphatic heterocycles. The Labute approximate surface area is 179 Å². The van der Waals surface area contributed by atoms with Gasteiger partial charge in [-0.1, -0.05) is 12.1 Å². The first-order valence-corrected chi connectivity index (χ1v) is 11.0. The van der Waals surface area contributed by atoms with Crippen molar-refractivity contribution in [2.75, 3.05) is 11.6 Å². The van der Waals surface area contributed by atoms with E-state index < -0.39 is 11.4 Å². The van der Waals surface area contributed by atoms with Gasteiger partial charge in [-0.05, 0) is 68.0 Å². The smallest absolute Gasteiger partial charge is 0.252 e. The Hall–Kier alpha value is -2.93. The highest BCUT2D eigenvalue weighted by atomic mass is 32.2. The summed E-state index contributed by atoms with van der Waals surface area (Å²) >= 11 is 1.76. The third-order valence-corrected chi connectivity index (χ3v) is 5.89. The number of amides is 1. The van der Waals surface area contributed by atoms with Gasteiger partial charge in [-0.25, -0.2) is 14.4 Å². The van der Waals surface area contributed by atoms with Gasteiger partial charge in [-0.15, -0.1) is 0 Å². The molecular formula is C23H23FN4OS. The summed E-state index contributed by atoms with van der Waals surface area (Å²) in [5, 5.41) is 6.11. The van der Waals surface area contributed by atoms with Crippen molar-refractivity contribution in [3.63, 3.8) is 0 Å². The molecule has 2 N–H and O–H groups in total. The van der Waals surface area contributed by atoms with E-state index >= 15 is 0 Å². The van der Waals surface area contributed by atoms with Crippen molar-refractivity contribution in [1.82, 2.24) is 15.3 Å². The lowest BCUT2D eigenvalue weighted by atomic mass is 9.92. The molecule has 0 atom stereocenters. The third-order valence-electron chi connectivity index (χ3n) is 5.29. The Morgan fingerprint density at radius 1 is 1.20 bits per heavy atom. The molecule has 0 spiro atoms. The number of aryl methyl sites for hydroxylation is 1. The number of thioether (sulfide) groups is 1. The van der Waals surface area contributed by atoms with E-state index in [4.69, 9.17) is 0 Å². The SMILES string of the molecule is CSCc1cc(Nc2ncc(F)c(-c3ccc4c(c3)C(C)(C)NC4=O)n2)ccc1C. The Balaban J connectivity index is 1.69. The Kier molecular flexibility index (Phi) is 5.24. The summed E-state index contributed by atoms with van der Waals surface area (Å²) in [7, 11) is 0. The van der Waals surface area contributed by atoms with E-state index in [1.807, 2.05) is 32.0 Å². The van der Waals surface area contributed by atoms with Gasteiger partial charge in [0.25, 0.3) is 5.91 Å². The van der Waals surface area contributed by atoms with Crippen LogP contribution in [0.1, 0.15) is 40.9 Å². The average molecular weight is 423 g/mol. The van der Waals surface area contributed by atoms with Gasteiger partial charge in [0.2, 0.25) is 5.95 Å². The Bertz CT molecular complexity index is 1150. The first-order chi connectivity index (χ1) is 14.3. The van der Waals surface area contributed by atoms with Gasteiger partial charge in [-0.2, -0.15) is 11.8 Å². The zero-order valence-corrected chi connectivity index (χ0v) is 18.2. The lowest BCUT2D eigenvalue weighted by Crippen LogP contribution is -2.32. The van der Waals surface area contributed by atoms with E-state index in [9.17, 15) is 9.18 Å². The monoisotopic (exact) mass is 422 g/mol. The number of hydrogen-bond donors (Lipinski definition) is 2. The van der Waals surface area contributed by atoms with Crippen LogP contribution in [0, 0.1) is 12.7 Å². The second-order valence-electron chi connectivity index (χ2n) is 7.93. The lowest BCUT2D eigenvalue weighted by molar-refractivity contribution is 0.0940. The van der Waals surface area contributed by atoms with E-state index in [-0.39, 0.29) is 11.6 Å². The van der Waals surface area contributed by atoms with Crippen molar-refractivity contribution < 1.29 is 9.18 Å². The van der Waals surface area contributed by atoms with Gasteiger partial charge in [0.05, 0.1) is 11.7 Å². The molecule has 2 heterocycles. The minimum atomic E-state index is -0.512. The van der Waals surface area contributed by atoms with Crippen LogP contribution in [0.15, 0.2) is 42.6 Å². The summed E-state index contributed by atoms with van der Waals surface area (Å²) in [6, 6.07) is 11.3. The maximum absolute atomic E-state index is 14.6. The predicted octanol–water partition coefficient (Wildman–Crippen LogP) is 5.18. The van der Waals surface area contributed by atoms with Crippen LogP contribution >= 0.6 is 11.8 Å². The first kappa shape index (κ1) is 20.3. The predicted molar refractivity (Wildman–Crippen MR) is 120 cm³/mol. The lowest BCUT2D eigenvalue weighted by Gasteiger charge is -2.19. The van der Waals surface area contributed by atoms with E-state index in [1.54, 1.807) is 23.9 Å². The number of nitrogens with one attached hydrogen (secondary N) is 2. The maximum atomic E-state index is 14.6. The summed E-state index contributed by atoms with van der Waals surface area (Å²) in [4.78, 5) is 20.7. The molecule has 154 valence electrons. The maximum Gasteiger partial charge on any atom is 0.252 e. The van der Waals surface area contributed by atoms with Crippen molar-refractivity contribution in [1.29, 1.82) is 0 Å². The summed E-state index contributed by atoms with van der Waals surface area (Å²) in [6.45, 7) is 5.93. The van der Waals surface area contributed by atoms with Crippen molar-refractivity contribution in [3.8, 4) is 11.3 Å². The van der Waals surface area contributed by atoms with Crippen LogP contribution in [-0.4, -0.2) is 22.1 Å². The van der Waals surface area contributed by atoms with Gasteiger partial charge in [0.1, 0.15) is 5.69 Å². The minimum Gasteiger partial charge on any atom is -0.343 e. The molecular weight excluding hydrogens is 399 g/mol. The van der Waals surface area contributed by atoms with Crippen LogP contribution in [-0.2, 0) is 11.3 Å². The molecule has 4 rings (SSSR count). The number of benzene rings is 2. The largest absolute Gasteiger partial charge is 0.343 e. The molecule has 0 radical (unpaired) electrons. The number of anilines is 2. The van der Waals surface area contributed by atoms with E-state index in [0.717, 1.165) is 17.0 Å². The topological polar surface area (TPSA) is 66.9 Å². The van der Waals surface area contributed by atoms with Crippen molar-refractivity contribution in [3.05, 3.63) is 70.7 Å². The number of halogens is 1. The third kappa shape index (κ3) is 3.77. The molecule has 0 saturated heterocycles. The van der Waals surface area contributed by atoms with E-state index in [2.05, 4.69) is 39.8 Å². The molecule has 0 saturated carbocycles. The van der Waals surface area contributed by atoms with Gasteiger partial charge in [-0.3, -0.25) is 4.79 Å². The first-order valence-electron chi connectivity index (χ1n) is 9.64. The molecule has 1 amide bonds. The second-order valence-corrected chi connectivity index (χ2v) is 8.79. The van der Waals surface area contributed by atoms with Crippen LogP contribution in [0.5, 0.6) is 0 Å². The number of carbonyl (C=O) groups excluding carboxylic acids is 1. The highest BCUT2D eigenvalue weighted by molar-refractivity contribution is 7.97. The number of nitrogens with zero attached hydrogens (tertiary/aromatic N) is 2. The van der Waals surface area contributed by atoms with Crippen molar-refractivity contribution in [2.24, 2.45) is 0 Å². The van der Waals surface area contributed by atoms with Crippen LogP contribution in [0.4, 0.5) is 16.0 Å². The fourth-order valence-electron chi connectivity index (χ4n) is 3.64. The molecule has 1 aromatic heterocycles. The fourth-order valence-corrected chi connectivity index (χ4v) is 4.27. The fraction of sp³-hybridized carbons (Fsp3) is 0.261. The molecule has 7 heteroatoms. The number of rotatable bonds is 5. The standard InChI is InChI=1S/C23H23FN4OS/c1-13-5-7-16(9-15(13)12-30-4)26-22-25-11-19(24)20(27-22)14-6-8-17-18(10-14)23(2,3)28-21(17)29/h5-11H,12H2,1-4H3,(H,28,29)(H,25,26,27).